The third-order valence-corrected chi connectivity index (χ3v) is 2.82. The van der Waals surface area contributed by atoms with Crippen molar-refractivity contribution >= 4 is 5.91 Å². The van der Waals surface area contributed by atoms with Crippen molar-refractivity contribution in [3.8, 4) is 5.75 Å². The van der Waals surface area contributed by atoms with E-state index in [4.69, 9.17) is 10.5 Å². The minimum atomic E-state index is -4.57. The van der Waals surface area contributed by atoms with Gasteiger partial charge in [0, 0.05) is 0 Å². The molecule has 112 valence electrons. The van der Waals surface area contributed by atoms with Crippen LogP contribution in [0.1, 0.15) is 24.9 Å². The van der Waals surface area contributed by atoms with Gasteiger partial charge in [-0.05, 0) is 24.6 Å². The molecule has 0 bridgehead atoms. The van der Waals surface area contributed by atoms with Gasteiger partial charge < -0.3 is 15.8 Å². The first-order valence-corrected chi connectivity index (χ1v) is 5.99. The largest absolute Gasteiger partial charge is 0.497 e. The van der Waals surface area contributed by atoms with Crippen LogP contribution in [-0.2, 0) is 4.79 Å². The Kier molecular flexibility index (Phi) is 5.38. The monoisotopic (exact) mass is 290 g/mol. The molecule has 3 N–H and O–H groups in total. The number of halogens is 3. The molecule has 0 radical (unpaired) electrons. The van der Waals surface area contributed by atoms with Crippen LogP contribution >= 0.6 is 0 Å². The van der Waals surface area contributed by atoms with Gasteiger partial charge in [-0.1, -0.05) is 12.1 Å². The predicted molar refractivity (Wildman–Crippen MR) is 68.2 cm³/mol. The van der Waals surface area contributed by atoms with E-state index in [0.717, 1.165) is 5.56 Å². The minimum Gasteiger partial charge on any atom is -0.497 e. The number of hydrogen-bond acceptors (Lipinski definition) is 3. The molecule has 2 atom stereocenters. The Balaban J connectivity index is 2.56. The van der Waals surface area contributed by atoms with Gasteiger partial charge in [-0.2, -0.15) is 13.2 Å². The minimum absolute atomic E-state index is 0.408. The van der Waals surface area contributed by atoms with E-state index in [-0.39, 0.29) is 0 Å². The maximum Gasteiger partial charge on any atom is 0.404 e. The van der Waals surface area contributed by atoms with Crippen molar-refractivity contribution in [3.63, 3.8) is 0 Å². The Morgan fingerprint density at radius 2 is 1.90 bits per heavy atom. The molecule has 0 aliphatic carbocycles. The van der Waals surface area contributed by atoms with Crippen LogP contribution in [0.2, 0.25) is 0 Å². The molecule has 1 aromatic carbocycles. The second-order valence-corrected chi connectivity index (χ2v) is 4.41. The summed E-state index contributed by atoms with van der Waals surface area (Å²) in [6, 6.07) is 4.32. The van der Waals surface area contributed by atoms with Crippen molar-refractivity contribution < 1.29 is 22.7 Å². The fraction of sp³-hybridized carbons (Fsp3) is 0.462. The van der Waals surface area contributed by atoms with E-state index in [1.54, 1.807) is 31.2 Å². The van der Waals surface area contributed by atoms with Gasteiger partial charge in [0.05, 0.1) is 19.6 Å². The smallest absolute Gasteiger partial charge is 0.404 e. The van der Waals surface area contributed by atoms with Crippen LogP contribution in [-0.4, -0.2) is 25.2 Å². The molecule has 0 heterocycles. The van der Waals surface area contributed by atoms with E-state index in [2.05, 4.69) is 5.32 Å². The molecular formula is C13H17F3N2O2. The predicted octanol–water partition coefficient (Wildman–Crippen LogP) is 2.15. The number of ether oxygens (including phenoxy) is 1. The first kappa shape index (κ1) is 16.3. The van der Waals surface area contributed by atoms with Crippen LogP contribution in [0.4, 0.5) is 13.2 Å². The van der Waals surface area contributed by atoms with Gasteiger partial charge >= 0.3 is 6.18 Å². The first-order valence-electron chi connectivity index (χ1n) is 5.99. The molecule has 20 heavy (non-hydrogen) atoms. The molecule has 0 fully saturated rings. The number of nitrogens with one attached hydrogen (secondary N) is 1. The number of alkyl halides is 3. The normalized spacial score (nSPS) is 14.5. The average molecular weight is 290 g/mol. The van der Waals surface area contributed by atoms with Gasteiger partial charge in [0.2, 0.25) is 5.91 Å². The van der Waals surface area contributed by atoms with Gasteiger partial charge in [-0.15, -0.1) is 0 Å². The molecule has 7 heteroatoms. The van der Waals surface area contributed by atoms with Crippen molar-refractivity contribution in [2.75, 3.05) is 7.11 Å². The topological polar surface area (TPSA) is 64.3 Å². The summed E-state index contributed by atoms with van der Waals surface area (Å²) in [5.41, 5.74) is 5.67. The number of benzene rings is 1. The third-order valence-electron chi connectivity index (χ3n) is 2.82. The van der Waals surface area contributed by atoms with Crippen LogP contribution in [0.25, 0.3) is 0 Å². The van der Waals surface area contributed by atoms with E-state index in [1.807, 2.05) is 0 Å². The highest BCUT2D eigenvalue weighted by Gasteiger charge is 2.38. The maximum atomic E-state index is 12.2. The number of carbonyl (C=O) groups excluding carboxylic acids is 1. The van der Waals surface area contributed by atoms with Gasteiger partial charge in [0.1, 0.15) is 11.8 Å². The van der Waals surface area contributed by atoms with Crippen LogP contribution in [0.3, 0.4) is 0 Å². The molecule has 0 aliphatic heterocycles. The summed E-state index contributed by atoms with van der Waals surface area (Å²) >= 11 is 0. The lowest BCUT2D eigenvalue weighted by Crippen LogP contribution is -2.42. The maximum absolute atomic E-state index is 12.2. The zero-order valence-electron chi connectivity index (χ0n) is 11.2. The zero-order valence-corrected chi connectivity index (χ0v) is 11.2. The Bertz CT molecular complexity index is 446. The highest BCUT2D eigenvalue weighted by atomic mass is 19.4. The molecule has 1 rings (SSSR count). The Morgan fingerprint density at radius 3 is 2.35 bits per heavy atom. The summed E-state index contributed by atoms with van der Waals surface area (Å²) in [5, 5.41) is 2.48. The highest BCUT2D eigenvalue weighted by molar-refractivity contribution is 5.77. The number of carbonyl (C=O) groups is 1. The fourth-order valence-corrected chi connectivity index (χ4v) is 1.59. The van der Waals surface area contributed by atoms with E-state index in [9.17, 15) is 18.0 Å². The van der Waals surface area contributed by atoms with E-state index >= 15 is 0 Å². The number of nitrogens with two attached hydrogens (primary N) is 1. The zero-order chi connectivity index (χ0) is 15.3. The number of rotatable bonds is 5. The molecule has 4 nitrogen and oxygen atoms in total. The SMILES string of the molecule is COc1ccc([C@H](C)NC(=O)CC(N)C(F)(F)F)cc1. The van der Waals surface area contributed by atoms with Crippen molar-refractivity contribution in [1.29, 1.82) is 0 Å². The lowest BCUT2D eigenvalue weighted by atomic mass is 10.1. The van der Waals surface area contributed by atoms with Crippen molar-refractivity contribution in [1.82, 2.24) is 5.32 Å². The van der Waals surface area contributed by atoms with Crippen molar-refractivity contribution in [2.24, 2.45) is 5.73 Å². The second-order valence-electron chi connectivity index (χ2n) is 4.41. The summed E-state index contributed by atoms with van der Waals surface area (Å²) in [7, 11) is 1.53. The molecular weight excluding hydrogens is 273 g/mol. The van der Waals surface area contributed by atoms with Crippen LogP contribution in [0.5, 0.6) is 5.75 Å². The van der Waals surface area contributed by atoms with Crippen molar-refractivity contribution in [2.45, 2.75) is 31.6 Å². The highest BCUT2D eigenvalue weighted by Crippen LogP contribution is 2.21. The van der Waals surface area contributed by atoms with Gasteiger partial charge in [0.25, 0.3) is 0 Å². The quantitative estimate of drug-likeness (QED) is 0.873. The molecule has 0 saturated carbocycles. The number of amides is 1. The average Bonchev–Trinajstić information content (AvgIpc) is 2.37. The Labute approximate surface area is 115 Å². The Morgan fingerprint density at radius 1 is 1.35 bits per heavy atom. The number of hydrogen-bond donors (Lipinski definition) is 2. The fourth-order valence-electron chi connectivity index (χ4n) is 1.59. The lowest BCUT2D eigenvalue weighted by molar-refractivity contribution is -0.154. The molecule has 1 aromatic rings. The molecule has 0 spiro atoms. The standard InChI is InChI=1S/C13H17F3N2O2/c1-8(9-3-5-10(20-2)6-4-9)18-12(19)7-11(17)13(14,15)16/h3-6,8,11H,7,17H2,1-2H3,(H,18,19)/t8-,11?/m0/s1. The van der Waals surface area contributed by atoms with Gasteiger partial charge in [-0.3, -0.25) is 4.79 Å². The van der Waals surface area contributed by atoms with Crippen molar-refractivity contribution in [3.05, 3.63) is 29.8 Å². The van der Waals surface area contributed by atoms with E-state index in [1.165, 1.54) is 7.11 Å². The summed E-state index contributed by atoms with van der Waals surface area (Å²) in [4.78, 5) is 11.5. The Hall–Kier alpha value is -1.76. The first-order chi connectivity index (χ1) is 9.24. The summed E-state index contributed by atoms with van der Waals surface area (Å²) in [6.45, 7) is 1.68. The summed E-state index contributed by atoms with van der Waals surface area (Å²) < 4.78 is 41.7. The van der Waals surface area contributed by atoms with E-state index in [0.29, 0.717) is 5.75 Å². The summed E-state index contributed by atoms with van der Waals surface area (Å²) in [5.74, 6) is -0.0792. The summed E-state index contributed by atoms with van der Waals surface area (Å²) in [6.07, 6.45) is -5.36. The molecule has 1 unspecified atom stereocenters. The molecule has 0 aromatic heterocycles. The number of methoxy groups -OCH3 is 1. The molecule has 0 saturated heterocycles. The van der Waals surface area contributed by atoms with Crippen LogP contribution in [0, 0.1) is 0 Å². The van der Waals surface area contributed by atoms with Crippen LogP contribution < -0.4 is 15.8 Å². The van der Waals surface area contributed by atoms with E-state index < -0.39 is 30.6 Å². The lowest BCUT2D eigenvalue weighted by Gasteiger charge is -2.18. The van der Waals surface area contributed by atoms with Crippen LogP contribution in [0.15, 0.2) is 24.3 Å². The van der Waals surface area contributed by atoms with Gasteiger partial charge in [-0.25, -0.2) is 0 Å². The van der Waals surface area contributed by atoms with Gasteiger partial charge in [0.15, 0.2) is 0 Å². The molecule has 0 aliphatic rings. The molecule has 1 amide bonds. The third kappa shape index (κ3) is 4.73. The second kappa shape index (κ2) is 6.60.